The van der Waals surface area contributed by atoms with E-state index in [0.717, 1.165) is 5.56 Å². The van der Waals surface area contributed by atoms with Crippen LogP contribution in [0.15, 0.2) is 24.3 Å². The van der Waals surface area contributed by atoms with Gasteiger partial charge in [-0.1, -0.05) is 12.1 Å². The Labute approximate surface area is 83.0 Å². The van der Waals surface area contributed by atoms with Crippen molar-refractivity contribution in [3.05, 3.63) is 29.8 Å². The number of benzene rings is 1. The van der Waals surface area contributed by atoms with Crippen molar-refractivity contribution in [2.75, 3.05) is 0 Å². The molecule has 1 aromatic rings. The van der Waals surface area contributed by atoms with Crippen LogP contribution in [0, 0.1) is 0 Å². The second kappa shape index (κ2) is 4.67. The quantitative estimate of drug-likeness (QED) is 0.565. The number of phenolic OH excluding ortho intramolecular Hbond substituents is 1. The molecule has 0 bridgehead atoms. The van der Waals surface area contributed by atoms with E-state index < -0.39 is 12.0 Å². The molecule has 0 saturated heterocycles. The number of rotatable bonds is 4. The zero-order chi connectivity index (χ0) is 10.6. The topological polar surface area (TPSA) is 69.6 Å². The maximum atomic E-state index is 10.7. The van der Waals surface area contributed by atoms with Crippen molar-refractivity contribution in [3.63, 3.8) is 0 Å². The highest BCUT2D eigenvalue weighted by Gasteiger charge is 2.14. The van der Waals surface area contributed by atoms with E-state index in [4.69, 9.17) is 10.2 Å². The summed E-state index contributed by atoms with van der Waals surface area (Å²) < 4.78 is 0. The lowest BCUT2D eigenvalue weighted by Gasteiger charge is -2.10. The summed E-state index contributed by atoms with van der Waals surface area (Å²) in [5.74, 6) is -0.689. The average Bonchev–Trinajstić information content (AvgIpc) is 2.16. The largest absolute Gasteiger partial charge is 0.508 e. The third-order valence-electron chi connectivity index (χ3n) is 2.02. The summed E-state index contributed by atoms with van der Waals surface area (Å²) in [4.78, 5) is 10.7. The third-order valence-corrected chi connectivity index (χ3v) is 2.02. The fourth-order valence-electron chi connectivity index (χ4n) is 1.18. The molecule has 1 aromatic carbocycles. The molecule has 74 valence electrons. The Hall–Kier alpha value is -1.49. The van der Waals surface area contributed by atoms with Crippen molar-refractivity contribution < 1.29 is 15.0 Å². The molecule has 0 amide bonds. The van der Waals surface area contributed by atoms with Crippen molar-refractivity contribution in [3.8, 4) is 5.75 Å². The summed E-state index contributed by atoms with van der Waals surface area (Å²) >= 11 is 0. The van der Waals surface area contributed by atoms with E-state index in [-0.39, 0.29) is 5.75 Å². The first-order chi connectivity index (χ1) is 6.63. The molecule has 3 N–H and O–H groups in total. The van der Waals surface area contributed by atoms with Gasteiger partial charge in [0.2, 0.25) is 0 Å². The summed E-state index contributed by atoms with van der Waals surface area (Å²) in [5, 5.41) is 20.5. The minimum atomic E-state index is -0.874. The molecule has 4 nitrogen and oxygen atoms in total. The molecule has 0 radical (unpaired) electrons. The molecule has 0 aliphatic rings. The van der Waals surface area contributed by atoms with Gasteiger partial charge in [-0.05, 0) is 24.1 Å². The van der Waals surface area contributed by atoms with E-state index in [2.05, 4.69) is 5.23 Å². The monoisotopic (exact) mass is 193 g/mol. The second-order valence-corrected chi connectivity index (χ2v) is 3.05. The van der Waals surface area contributed by atoms with Crippen LogP contribution in [0.5, 0.6) is 5.75 Å². The molecule has 14 heavy (non-hydrogen) atoms. The molecular weight excluding hydrogens is 181 g/mol. The highest BCUT2D eigenvalue weighted by atomic mass is 16.4. The number of aliphatic carboxylic acids is 1. The van der Waals surface area contributed by atoms with Gasteiger partial charge in [-0.2, -0.15) is 0 Å². The SMILES string of the molecule is BN[C@@H](Cc1ccc(O)cc1)C(=O)O. The Bertz CT molecular complexity index is 312. The van der Waals surface area contributed by atoms with Crippen LogP contribution in [-0.4, -0.2) is 30.2 Å². The van der Waals surface area contributed by atoms with Gasteiger partial charge in [-0.25, -0.2) is 0 Å². The second-order valence-electron chi connectivity index (χ2n) is 3.05. The average molecular weight is 193 g/mol. The van der Waals surface area contributed by atoms with Crippen LogP contribution in [0.25, 0.3) is 0 Å². The van der Waals surface area contributed by atoms with Crippen molar-refractivity contribution in [2.24, 2.45) is 0 Å². The fourth-order valence-corrected chi connectivity index (χ4v) is 1.18. The zero-order valence-corrected chi connectivity index (χ0v) is 7.90. The Balaban J connectivity index is 2.67. The number of carbonyl (C=O) groups is 1. The summed E-state index contributed by atoms with van der Waals surface area (Å²) in [6.07, 6.45) is 0.409. The Morgan fingerprint density at radius 1 is 1.43 bits per heavy atom. The van der Waals surface area contributed by atoms with Crippen LogP contribution >= 0.6 is 0 Å². The molecule has 0 aliphatic heterocycles. The maximum Gasteiger partial charge on any atom is 0.320 e. The summed E-state index contributed by atoms with van der Waals surface area (Å²) in [7, 11) is 1.61. The Kier molecular flexibility index (Phi) is 3.53. The molecule has 0 spiro atoms. The molecule has 0 fully saturated rings. The minimum Gasteiger partial charge on any atom is -0.508 e. The van der Waals surface area contributed by atoms with Crippen molar-refractivity contribution in [1.82, 2.24) is 5.23 Å². The summed E-state index contributed by atoms with van der Waals surface area (Å²) in [6.45, 7) is 0. The molecule has 0 heterocycles. The zero-order valence-electron chi connectivity index (χ0n) is 7.90. The first-order valence-corrected chi connectivity index (χ1v) is 4.31. The van der Waals surface area contributed by atoms with Gasteiger partial charge in [-0.3, -0.25) is 4.79 Å². The number of phenols is 1. The number of hydrogen-bond acceptors (Lipinski definition) is 3. The van der Waals surface area contributed by atoms with Crippen LogP contribution in [0.2, 0.25) is 0 Å². The maximum absolute atomic E-state index is 10.7. The van der Waals surface area contributed by atoms with Gasteiger partial charge in [0.1, 0.15) is 5.75 Å². The lowest BCUT2D eigenvalue weighted by atomic mass is 10.0. The number of hydrogen-bond donors (Lipinski definition) is 3. The van der Waals surface area contributed by atoms with Gasteiger partial charge in [0, 0.05) is 0 Å². The Morgan fingerprint density at radius 2 is 2.00 bits per heavy atom. The minimum absolute atomic E-state index is 0.185. The predicted octanol–water partition coefficient (Wildman–Crippen LogP) is -0.474. The third kappa shape index (κ3) is 2.78. The molecule has 0 aromatic heterocycles. The van der Waals surface area contributed by atoms with Gasteiger partial charge in [0.05, 0.1) is 6.04 Å². The Morgan fingerprint density at radius 3 is 2.43 bits per heavy atom. The van der Waals surface area contributed by atoms with E-state index >= 15 is 0 Å². The first-order valence-electron chi connectivity index (χ1n) is 4.31. The lowest BCUT2D eigenvalue weighted by molar-refractivity contribution is -0.138. The standard InChI is InChI=1S/C9H12BNO3/c10-11-8(9(13)14)5-6-1-3-7(12)4-2-6/h1-4,8,11-12H,5,10H2,(H,13,14)/t8-/m0/s1. The summed E-state index contributed by atoms with van der Waals surface area (Å²) in [5.41, 5.74) is 0.879. The molecule has 0 saturated carbocycles. The number of aromatic hydroxyl groups is 1. The smallest absolute Gasteiger partial charge is 0.320 e. The highest BCUT2D eigenvalue weighted by molar-refractivity contribution is 6.06. The van der Waals surface area contributed by atoms with Crippen molar-refractivity contribution >= 4 is 14.0 Å². The first kappa shape index (κ1) is 10.6. The summed E-state index contributed by atoms with van der Waals surface area (Å²) in [6, 6.07) is 5.93. The van der Waals surface area contributed by atoms with Gasteiger partial charge in [0.15, 0.2) is 7.98 Å². The van der Waals surface area contributed by atoms with Crippen LogP contribution in [0.4, 0.5) is 0 Å². The van der Waals surface area contributed by atoms with E-state index in [1.807, 2.05) is 0 Å². The van der Waals surface area contributed by atoms with E-state index in [1.54, 1.807) is 32.2 Å². The van der Waals surface area contributed by atoms with E-state index in [0.29, 0.717) is 6.42 Å². The van der Waals surface area contributed by atoms with Gasteiger partial charge < -0.3 is 15.4 Å². The van der Waals surface area contributed by atoms with Crippen LogP contribution in [-0.2, 0) is 11.2 Å². The van der Waals surface area contributed by atoms with Gasteiger partial charge in [0.25, 0.3) is 0 Å². The molecule has 5 heteroatoms. The van der Waals surface area contributed by atoms with Crippen molar-refractivity contribution in [2.45, 2.75) is 12.5 Å². The van der Waals surface area contributed by atoms with Crippen LogP contribution in [0.1, 0.15) is 5.56 Å². The number of nitrogens with one attached hydrogen (secondary N) is 1. The van der Waals surface area contributed by atoms with Crippen molar-refractivity contribution in [1.29, 1.82) is 0 Å². The van der Waals surface area contributed by atoms with Gasteiger partial charge >= 0.3 is 5.97 Å². The van der Waals surface area contributed by atoms with Gasteiger partial charge in [-0.15, -0.1) is 0 Å². The van der Waals surface area contributed by atoms with Crippen LogP contribution < -0.4 is 5.23 Å². The predicted molar refractivity (Wildman–Crippen MR) is 54.9 cm³/mol. The van der Waals surface area contributed by atoms with E-state index in [1.165, 1.54) is 0 Å². The normalized spacial score (nSPS) is 12.3. The molecule has 1 atom stereocenters. The molecular formula is C9H12BNO3. The fraction of sp³-hybridized carbons (Fsp3) is 0.222. The molecule has 0 unspecified atom stereocenters. The number of carboxylic acid groups (broad SMARTS) is 1. The van der Waals surface area contributed by atoms with Crippen LogP contribution in [0.3, 0.4) is 0 Å². The van der Waals surface area contributed by atoms with E-state index in [9.17, 15) is 4.79 Å². The molecule has 1 rings (SSSR count). The number of carboxylic acids is 1. The highest BCUT2D eigenvalue weighted by Crippen LogP contribution is 2.11. The lowest BCUT2D eigenvalue weighted by Crippen LogP contribution is -2.36. The molecule has 0 aliphatic carbocycles.